The lowest BCUT2D eigenvalue weighted by Gasteiger charge is -2.16. The highest BCUT2D eigenvalue weighted by atomic mass is 16.2. The molecule has 0 aromatic heterocycles. The second-order valence-corrected chi connectivity index (χ2v) is 5.07. The van der Waals surface area contributed by atoms with Gasteiger partial charge in [0.2, 0.25) is 5.91 Å². The number of nitrogens with one attached hydrogen (secondary N) is 1. The van der Waals surface area contributed by atoms with Crippen molar-refractivity contribution in [1.82, 2.24) is 5.32 Å². The van der Waals surface area contributed by atoms with Gasteiger partial charge in [0.1, 0.15) is 0 Å². The second-order valence-electron chi connectivity index (χ2n) is 5.07. The van der Waals surface area contributed by atoms with Gasteiger partial charge < -0.3 is 16.2 Å². The van der Waals surface area contributed by atoms with Gasteiger partial charge in [-0.25, -0.2) is 0 Å². The maximum absolute atomic E-state index is 11.6. The molecule has 4 N–H and O–H groups in total. The van der Waals surface area contributed by atoms with Crippen molar-refractivity contribution < 1.29 is 9.90 Å². The summed E-state index contributed by atoms with van der Waals surface area (Å²) in [5.41, 5.74) is 5.66. The average molecular weight is 244 g/mol. The van der Waals surface area contributed by atoms with Crippen LogP contribution in [0.1, 0.15) is 46.0 Å². The number of hydrogen-bond acceptors (Lipinski definition) is 3. The molecule has 0 saturated heterocycles. The van der Waals surface area contributed by atoms with Crippen molar-refractivity contribution in [2.24, 2.45) is 17.6 Å². The van der Waals surface area contributed by atoms with Crippen molar-refractivity contribution in [2.45, 2.75) is 46.0 Å². The summed E-state index contributed by atoms with van der Waals surface area (Å²) in [7, 11) is 0. The number of nitrogens with two attached hydrogens (primary N) is 1. The van der Waals surface area contributed by atoms with E-state index in [-0.39, 0.29) is 12.5 Å². The smallest absolute Gasteiger partial charge is 0.220 e. The summed E-state index contributed by atoms with van der Waals surface area (Å²) in [6.07, 6.45) is 4.25. The fraction of sp³-hybridized carbons (Fsp3) is 0.923. The molecule has 0 aromatic rings. The molecule has 0 spiro atoms. The van der Waals surface area contributed by atoms with E-state index >= 15 is 0 Å². The van der Waals surface area contributed by atoms with Crippen molar-refractivity contribution in [1.29, 1.82) is 0 Å². The minimum Gasteiger partial charge on any atom is -0.396 e. The van der Waals surface area contributed by atoms with E-state index in [0.717, 1.165) is 25.7 Å². The highest BCUT2D eigenvalue weighted by Crippen LogP contribution is 2.13. The SMILES string of the molecule is CC(C)C[C@H](CN)CC(=O)NCCCCCO. The van der Waals surface area contributed by atoms with Gasteiger partial charge in [-0.15, -0.1) is 0 Å². The van der Waals surface area contributed by atoms with Gasteiger partial charge in [0, 0.05) is 19.6 Å². The van der Waals surface area contributed by atoms with E-state index in [9.17, 15) is 4.79 Å². The summed E-state index contributed by atoms with van der Waals surface area (Å²) in [6, 6.07) is 0. The van der Waals surface area contributed by atoms with E-state index in [4.69, 9.17) is 10.8 Å². The molecule has 4 nitrogen and oxygen atoms in total. The predicted molar refractivity (Wildman–Crippen MR) is 70.6 cm³/mol. The molecule has 1 amide bonds. The van der Waals surface area contributed by atoms with Crippen LogP contribution in [0.25, 0.3) is 0 Å². The number of carbonyl (C=O) groups excluding carboxylic acids is 1. The van der Waals surface area contributed by atoms with E-state index < -0.39 is 0 Å². The zero-order valence-electron chi connectivity index (χ0n) is 11.2. The first-order chi connectivity index (χ1) is 8.10. The van der Waals surface area contributed by atoms with Crippen LogP contribution in [-0.4, -0.2) is 30.7 Å². The van der Waals surface area contributed by atoms with Gasteiger partial charge >= 0.3 is 0 Å². The first kappa shape index (κ1) is 16.4. The quantitative estimate of drug-likeness (QED) is 0.507. The Bertz CT molecular complexity index is 196. The number of rotatable bonds is 10. The molecule has 0 aliphatic heterocycles. The zero-order chi connectivity index (χ0) is 13.1. The molecule has 4 heteroatoms. The number of unbranched alkanes of at least 4 members (excludes halogenated alkanes) is 2. The van der Waals surface area contributed by atoms with E-state index in [0.29, 0.717) is 31.3 Å². The molecule has 0 bridgehead atoms. The van der Waals surface area contributed by atoms with Crippen molar-refractivity contribution in [3.63, 3.8) is 0 Å². The first-order valence-electron chi connectivity index (χ1n) is 6.67. The van der Waals surface area contributed by atoms with Gasteiger partial charge in [0.15, 0.2) is 0 Å². The normalized spacial score (nSPS) is 12.8. The standard InChI is InChI=1S/C13H28N2O2/c1-11(2)8-12(10-14)9-13(17)15-6-4-3-5-7-16/h11-12,16H,3-10,14H2,1-2H3,(H,15,17)/t12-/m0/s1. The van der Waals surface area contributed by atoms with Crippen molar-refractivity contribution >= 4 is 5.91 Å². The summed E-state index contributed by atoms with van der Waals surface area (Å²) >= 11 is 0. The topological polar surface area (TPSA) is 75.4 Å². The fourth-order valence-corrected chi connectivity index (χ4v) is 1.91. The molecule has 17 heavy (non-hydrogen) atoms. The number of aliphatic hydroxyl groups is 1. The van der Waals surface area contributed by atoms with E-state index in [1.54, 1.807) is 0 Å². The third kappa shape index (κ3) is 10.3. The Hall–Kier alpha value is -0.610. The number of carbonyl (C=O) groups is 1. The van der Waals surface area contributed by atoms with Crippen LogP contribution in [0.2, 0.25) is 0 Å². The van der Waals surface area contributed by atoms with Gasteiger partial charge in [-0.2, -0.15) is 0 Å². The van der Waals surface area contributed by atoms with E-state index in [1.165, 1.54) is 0 Å². The number of amides is 1. The summed E-state index contributed by atoms with van der Waals surface area (Å²) in [4.78, 5) is 11.6. The van der Waals surface area contributed by atoms with E-state index in [1.807, 2.05) is 0 Å². The van der Waals surface area contributed by atoms with Gasteiger partial charge in [-0.1, -0.05) is 13.8 Å². The van der Waals surface area contributed by atoms with Crippen LogP contribution in [0.4, 0.5) is 0 Å². The Kier molecular flexibility index (Phi) is 10.2. The van der Waals surface area contributed by atoms with Crippen LogP contribution in [0.15, 0.2) is 0 Å². The Morgan fingerprint density at radius 3 is 2.53 bits per heavy atom. The third-order valence-corrected chi connectivity index (χ3v) is 2.77. The summed E-state index contributed by atoms with van der Waals surface area (Å²) in [5, 5.41) is 11.5. The lowest BCUT2D eigenvalue weighted by Crippen LogP contribution is -2.29. The van der Waals surface area contributed by atoms with Gasteiger partial charge in [0.05, 0.1) is 0 Å². The molecule has 0 heterocycles. The molecule has 102 valence electrons. The molecular formula is C13H28N2O2. The lowest BCUT2D eigenvalue weighted by atomic mass is 9.94. The van der Waals surface area contributed by atoms with Crippen LogP contribution in [-0.2, 0) is 4.79 Å². The van der Waals surface area contributed by atoms with Crippen LogP contribution >= 0.6 is 0 Å². The molecule has 0 fully saturated rings. The Morgan fingerprint density at radius 1 is 1.29 bits per heavy atom. The number of hydrogen-bond donors (Lipinski definition) is 3. The first-order valence-corrected chi connectivity index (χ1v) is 6.67. The van der Waals surface area contributed by atoms with Crippen LogP contribution in [0.3, 0.4) is 0 Å². The molecular weight excluding hydrogens is 216 g/mol. The zero-order valence-corrected chi connectivity index (χ0v) is 11.2. The van der Waals surface area contributed by atoms with Crippen molar-refractivity contribution in [2.75, 3.05) is 19.7 Å². The van der Waals surface area contributed by atoms with E-state index in [2.05, 4.69) is 19.2 Å². The molecule has 0 radical (unpaired) electrons. The Morgan fingerprint density at radius 2 is 2.00 bits per heavy atom. The highest BCUT2D eigenvalue weighted by molar-refractivity contribution is 5.76. The Labute approximate surface area is 105 Å². The van der Waals surface area contributed by atoms with Crippen LogP contribution in [0.5, 0.6) is 0 Å². The minimum atomic E-state index is 0.102. The monoisotopic (exact) mass is 244 g/mol. The van der Waals surface area contributed by atoms with Gasteiger partial charge in [-0.05, 0) is 44.1 Å². The highest BCUT2D eigenvalue weighted by Gasteiger charge is 2.13. The summed E-state index contributed by atoms with van der Waals surface area (Å²) in [5.74, 6) is 0.985. The van der Waals surface area contributed by atoms with Crippen molar-refractivity contribution in [3.05, 3.63) is 0 Å². The van der Waals surface area contributed by atoms with Crippen molar-refractivity contribution in [3.8, 4) is 0 Å². The van der Waals surface area contributed by atoms with Gasteiger partial charge in [0.25, 0.3) is 0 Å². The third-order valence-electron chi connectivity index (χ3n) is 2.77. The maximum Gasteiger partial charge on any atom is 0.220 e. The molecule has 0 aliphatic rings. The Balaban J connectivity index is 3.61. The predicted octanol–water partition coefficient (Wildman–Crippen LogP) is 1.28. The largest absolute Gasteiger partial charge is 0.396 e. The average Bonchev–Trinajstić information content (AvgIpc) is 2.27. The maximum atomic E-state index is 11.6. The summed E-state index contributed by atoms with van der Waals surface area (Å²) < 4.78 is 0. The molecule has 0 unspecified atom stereocenters. The second kappa shape index (κ2) is 10.5. The lowest BCUT2D eigenvalue weighted by molar-refractivity contribution is -0.122. The minimum absolute atomic E-state index is 0.102. The summed E-state index contributed by atoms with van der Waals surface area (Å²) in [6.45, 7) is 5.82. The molecule has 0 aromatic carbocycles. The van der Waals surface area contributed by atoms with Crippen LogP contribution < -0.4 is 11.1 Å². The number of aliphatic hydroxyl groups excluding tert-OH is 1. The molecule has 0 rings (SSSR count). The molecule has 1 atom stereocenters. The fourth-order valence-electron chi connectivity index (χ4n) is 1.91. The molecule has 0 saturated carbocycles. The van der Waals surface area contributed by atoms with Crippen LogP contribution in [0, 0.1) is 11.8 Å². The molecule has 0 aliphatic carbocycles. The van der Waals surface area contributed by atoms with Gasteiger partial charge in [-0.3, -0.25) is 4.79 Å².